The molecule has 3 nitrogen and oxygen atoms in total. The Labute approximate surface area is 244 Å². The first-order chi connectivity index (χ1) is 19.7. The fourth-order valence-corrected chi connectivity index (χ4v) is 11.6. The number of Topliss-reactive ketones (excluding diaryl/α,β-unsaturated/α-hetero) is 1. The monoisotopic (exact) mass is 560 g/mol. The summed E-state index contributed by atoms with van der Waals surface area (Å²) in [6, 6.07) is 32.2. The molecule has 0 aliphatic carbocycles. The quantitative estimate of drug-likeness (QED) is 0.201. The van der Waals surface area contributed by atoms with Gasteiger partial charge in [-0.3, -0.25) is 4.79 Å². The Bertz CT molecular complexity index is 1670. The van der Waals surface area contributed by atoms with Gasteiger partial charge in [0.15, 0.2) is 0 Å². The molecule has 5 aromatic carbocycles. The molecule has 4 heteroatoms. The van der Waals surface area contributed by atoms with E-state index < -0.39 is 7.92 Å². The molecule has 0 spiro atoms. The Balaban J connectivity index is 1.80. The van der Waals surface area contributed by atoms with Crippen LogP contribution >= 0.6 is 7.92 Å². The molecule has 6 rings (SSSR count). The molecule has 208 valence electrons. The maximum absolute atomic E-state index is 13.1. The van der Waals surface area contributed by atoms with Crippen molar-refractivity contribution in [2.45, 2.75) is 50.8 Å². The summed E-state index contributed by atoms with van der Waals surface area (Å²) in [5.74, 6) is 2.06. The van der Waals surface area contributed by atoms with E-state index in [1.165, 1.54) is 27.2 Å². The number of carbonyl (C=O) groups is 1. The van der Waals surface area contributed by atoms with Gasteiger partial charge in [0.1, 0.15) is 17.3 Å². The molecule has 1 aliphatic rings. The van der Waals surface area contributed by atoms with Crippen LogP contribution in [-0.2, 0) is 4.79 Å². The standard InChI is InChI=1S/C37H37O3P/c1-36(2)22-26(38)23-37(3,4)41(36)35-29(33-27-14-9-7-12-24(27)18-20-31(33)39-5)16-11-17-30(35)34-28-15-10-8-13-25(28)19-21-32(34)40-6/h7-21H,22-23H2,1-6H3. The molecule has 0 N–H and O–H groups in total. The normalized spacial score (nSPS) is 16.7. The second-order valence-corrected chi connectivity index (χ2v) is 15.8. The van der Waals surface area contributed by atoms with Crippen molar-refractivity contribution in [3.05, 3.63) is 91.0 Å². The molecule has 0 unspecified atom stereocenters. The number of benzene rings is 5. The van der Waals surface area contributed by atoms with Crippen LogP contribution in [0.2, 0.25) is 0 Å². The highest BCUT2D eigenvalue weighted by atomic mass is 31.1. The molecule has 1 saturated heterocycles. The molecular formula is C37H37O3P. The third-order valence-electron chi connectivity index (χ3n) is 8.49. The molecule has 5 aromatic rings. The lowest BCUT2D eigenvalue weighted by Crippen LogP contribution is -2.44. The predicted molar refractivity (Wildman–Crippen MR) is 174 cm³/mol. The van der Waals surface area contributed by atoms with E-state index in [-0.39, 0.29) is 10.3 Å². The third kappa shape index (κ3) is 4.61. The molecule has 41 heavy (non-hydrogen) atoms. The summed E-state index contributed by atoms with van der Waals surface area (Å²) in [7, 11) is 2.66. The number of fused-ring (bicyclic) bond motifs is 2. The maximum Gasteiger partial charge on any atom is 0.134 e. The Kier molecular flexibility index (Phi) is 6.91. The first-order valence-electron chi connectivity index (χ1n) is 14.2. The van der Waals surface area contributed by atoms with Crippen molar-refractivity contribution in [3.63, 3.8) is 0 Å². The van der Waals surface area contributed by atoms with E-state index in [0.29, 0.717) is 18.6 Å². The predicted octanol–water partition coefficient (Wildman–Crippen LogP) is 9.37. The Morgan fingerprint density at radius 1 is 0.585 bits per heavy atom. The van der Waals surface area contributed by atoms with Gasteiger partial charge < -0.3 is 9.47 Å². The first kappa shape index (κ1) is 27.5. The fraction of sp³-hybridized carbons (Fsp3) is 0.270. The van der Waals surface area contributed by atoms with Crippen LogP contribution in [0, 0.1) is 0 Å². The molecule has 0 saturated carbocycles. The number of ether oxygens (including phenoxy) is 2. The average molecular weight is 561 g/mol. The van der Waals surface area contributed by atoms with Crippen LogP contribution in [0.25, 0.3) is 43.8 Å². The van der Waals surface area contributed by atoms with Crippen molar-refractivity contribution in [2.24, 2.45) is 0 Å². The highest BCUT2D eigenvalue weighted by Gasteiger charge is 2.49. The SMILES string of the molecule is COc1ccc2ccccc2c1-c1cccc(-c2c(OC)ccc3ccccc23)c1P1C(C)(C)CC(=O)CC1(C)C. The van der Waals surface area contributed by atoms with E-state index >= 15 is 0 Å². The molecule has 0 bridgehead atoms. The second-order valence-electron chi connectivity index (χ2n) is 12.3. The second kappa shape index (κ2) is 10.3. The topological polar surface area (TPSA) is 35.5 Å². The lowest BCUT2D eigenvalue weighted by molar-refractivity contribution is -0.120. The average Bonchev–Trinajstić information content (AvgIpc) is 2.94. The molecule has 0 radical (unpaired) electrons. The molecule has 1 fully saturated rings. The van der Waals surface area contributed by atoms with Gasteiger partial charge in [0.25, 0.3) is 0 Å². The smallest absolute Gasteiger partial charge is 0.134 e. The van der Waals surface area contributed by atoms with E-state index in [9.17, 15) is 4.79 Å². The number of carbonyl (C=O) groups excluding carboxylic acids is 1. The summed E-state index contributed by atoms with van der Waals surface area (Å²) in [6.45, 7) is 9.16. The van der Waals surface area contributed by atoms with Gasteiger partial charge in [-0.2, -0.15) is 0 Å². The Hall–Kier alpha value is -3.68. The summed E-state index contributed by atoms with van der Waals surface area (Å²) in [4.78, 5) is 13.1. The van der Waals surface area contributed by atoms with Gasteiger partial charge in [-0.25, -0.2) is 0 Å². The first-order valence-corrected chi connectivity index (χ1v) is 15.6. The molecule has 1 aliphatic heterocycles. The number of hydrogen-bond donors (Lipinski definition) is 0. The highest BCUT2D eigenvalue weighted by Crippen LogP contribution is 2.66. The van der Waals surface area contributed by atoms with Crippen molar-refractivity contribution in [1.82, 2.24) is 0 Å². The minimum Gasteiger partial charge on any atom is -0.496 e. The molecular weight excluding hydrogens is 523 g/mol. The van der Waals surface area contributed by atoms with Crippen LogP contribution in [0.15, 0.2) is 91.0 Å². The van der Waals surface area contributed by atoms with E-state index in [1.54, 1.807) is 14.2 Å². The van der Waals surface area contributed by atoms with Crippen molar-refractivity contribution < 1.29 is 14.3 Å². The van der Waals surface area contributed by atoms with E-state index in [4.69, 9.17) is 9.47 Å². The van der Waals surface area contributed by atoms with Gasteiger partial charge in [-0.05, 0) is 60.4 Å². The molecule has 0 aromatic heterocycles. The Morgan fingerprint density at radius 3 is 1.46 bits per heavy atom. The van der Waals surface area contributed by atoms with Crippen LogP contribution in [0.5, 0.6) is 11.5 Å². The molecule has 1 heterocycles. The molecule has 0 atom stereocenters. The van der Waals surface area contributed by atoms with E-state index in [0.717, 1.165) is 33.4 Å². The minimum absolute atomic E-state index is 0.200. The summed E-state index contributed by atoms with van der Waals surface area (Å²) in [6.07, 6.45) is 1.16. The maximum atomic E-state index is 13.1. The zero-order valence-electron chi connectivity index (χ0n) is 24.7. The number of methoxy groups -OCH3 is 2. The van der Waals surface area contributed by atoms with Gasteiger partial charge in [0, 0.05) is 24.0 Å². The van der Waals surface area contributed by atoms with Crippen molar-refractivity contribution >= 4 is 40.6 Å². The zero-order chi connectivity index (χ0) is 28.9. The number of hydrogen-bond acceptors (Lipinski definition) is 3. The highest BCUT2D eigenvalue weighted by molar-refractivity contribution is 7.69. The Morgan fingerprint density at radius 2 is 1.02 bits per heavy atom. The van der Waals surface area contributed by atoms with Crippen LogP contribution < -0.4 is 14.8 Å². The van der Waals surface area contributed by atoms with Gasteiger partial charge >= 0.3 is 0 Å². The lowest BCUT2D eigenvalue weighted by atomic mass is 9.91. The van der Waals surface area contributed by atoms with Crippen molar-refractivity contribution in [2.75, 3.05) is 14.2 Å². The lowest BCUT2D eigenvalue weighted by Gasteiger charge is -2.50. The van der Waals surface area contributed by atoms with Gasteiger partial charge in [0.05, 0.1) is 14.2 Å². The summed E-state index contributed by atoms with van der Waals surface area (Å²) >= 11 is 0. The summed E-state index contributed by atoms with van der Waals surface area (Å²) in [5, 5.41) is 5.58. The van der Waals surface area contributed by atoms with Gasteiger partial charge in [0.2, 0.25) is 0 Å². The van der Waals surface area contributed by atoms with Gasteiger partial charge in [-0.15, -0.1) is 0 Å². The summed E-state index contributed by atoms with van der Waals surface area (Å²) in [5.41, 5.74) is 4.56. The van der Waals surface area contributed by atoms with Crippen LogP contribution in [-0.4, -0.2) is 30.3 Å². The van der Waals surface area contributed by atoms with E-state index in [2.05, 4.69) is 119 Å². The van der Waals surface area contributed by atoms with Crippen molar-refractivity contribution in [1.29, 1.82) is 0 Å². The zero-order valence-corrected chi connectivity index (χ0v) is 25.6. The largest absolute Gasteiger partial charge is 0.496 e. The van der Waals surface area contributed by atoms with Crippen LogP contribution in [0.3, 0.4) is 0 Å². The minimum atomic E-state index is -0.846. The molecule has 0 amide bonds. The summed E-state index contributed by atoms with van der Waals surface area (Å²) < 4.78 is 12.1. The number of rotatable bonds is 5. The fourth-order valence-electron chi connectivity index (χ4n) is 7.20. The van der Waals surface area contributed by atoms with Crippen molar-refractivity contribution in [3.8, 4) is 33.8 Å². The van der Waals surface area contributed by atoms with Crippen LogP contribution in [0.1, 0.15) is 40.5 Å². The van der Waals surface area contributed by atoms with Crippen LogP contribution in [0.4, 0.5) is 0 Å². The van der Waals surface area contributed by atoms with E-state index in [1.807, 2.05) is 0 Å². The van der Waals surface area contributed by atoms with Gasteiger partial charge in [-0.1, -0.05) is 114 Å². The third-order valence-corrected chi connectivity index (χ3v) is 12.2. The number of ketones is 1.